The summed E-state index contributed by atoms with van der Waals surface area (Å²) in [6, 6.07) is 15.8. The van der Waals surface area contributed by atoms with Crippen molar-refractivity contribution in [3.63, 3.8) is 0 Å². The van der Waals surface area contributed by atoms with Crippen molar-refractivity contribution in [3.05, 3.63) is 71.8 Å². The van der Waals surface area contributed by atoms with Crippen molar-refractivity contribution in [1.29, 1.82) is 0 Å². The van der Waals surface area contributed by atoms with E-state index in [0.717, 1.165) is 20.8 Å². The number of aliphatic hydroxyl groups excluding tert-OH is 1. The molecule has 0 aromatic heterocycles. The quantitative estimate of drug-likeness (QED) is 0.310. The lowest BCUT2D eigenvalue weighted by Crippen LogP contribution is -2.85. The smallest absolute Gasteiger partial charge is 0.338 e. The largest absolute Gasteiger partial charge is 0.465 e. The van der Waals surface area contributed by atoms with Gasteiger partial charge in [0.25, 0.3) is 0 Å². The molecule has 5 rings (SSSR count). The fraction of sp³-hybridized carbons (Fsp3) is 0.514. The number of ether oxygens (including phenoxy) is 6. The Morgan fingerprint density at radius 3 is 1.77 bits per heavy atom. The van der Waals surface area contributed by atoms with Crippen LogP contribution in [0.4, 0.5) is 0 Å². The van der Waals surface area contributed by atoms with E-state index < -0.39 is 102 Å². The number of carbonyl (C=O) groups excluding carboxylic acids is 5. The van der Waals surface area contributed by atoms with Crippen molar-refractivity contribution in [3.8, 4) is 0 Å². The summed E-state index contributed by atoms with van der Waals surface area (Å²) in [4.78, 5) is 65.6. The van der Waals surface area contributed by atoms with Gasteiger partial charge in [-0.2, -0.15) is 0 Å². The SMILES string of the molecule is CC(=O)OCC12C(OC(C)=O)C(OC(C)=O)CC(C)(O)C13OC(C)(C)C(C(OC(=O)c1ccccc1)C2OC(=O)c1ccccc1)C3O. The summed E-state index contributed by atoms with van der Waals surface area (Å²) in [6.45, 7) is 7.04. The summed E-state index contributed by atoms with van der Waals surface area (Å²) in [5, 5.41) is 24.9. The Kier molecular flexibility index (Phi) is 9.19. The highest BCUT2D eigenvalue weighted by Gasteiger charge is 2.88. The fourth-order valence-electron chi connectivity index (χ4n) is 8.10. The van der Waals surface area contributed by atoms with Gasteiger partial charge in [0.15, 0.2) is 12.2 Å². The zero-order chi connectivity index (χ0) is 35.2. The van der Waals surface area contributed by atoms with E-state index in [1.165, 1.54) is 31.2 Å². The molecule has 1 spiro atoms. The number of hydrogen-bond acceptors (Lipinski definition) is 13. The molecule has 9 atom stereocenters. The first-order chi connectivity index (χ1) is 22.5. The van der Waals surface area contributed by atoms with Crippen molar-refractivity contribution in [2.24, 2.45) is 11.3 Å². The van der Waals surface area contributed by atoms with Crippen molar-refractivity contribution < 1.29 is 62.6 Å². The second-order valence-electron chi connectivity index (χ2n) is 13.3. The van der Waals surface area contributed by atoms with Crippen molar-refractivity contribution in [1.82, 2.24) is 0 Å². The molecule has 48 heavy (non-hydrogen) atoms. The maximum absolute atomic E-state index is 14.0. The molecular weight excluding hydrogens is 628 g/mol. The molecule has 2 aromatic rings. The minimum absolute atomic E-state index is 0.0871. The molecule has 3 fully saturated rings. The van der Waals surface area contributed by atoms with E-state index in [2.05, 4.69) is 0 Å². The number of carbonyl (C=O) groups is 5. The van der Waals surface area contributed by atoms with Gasteiger partial charge < -0.3 is 38.6 Å². The van der Waals surface area contributed by atoms with E-state index in [4.69, 9.17) is 28.4 Å². The average Bonchev–Trinajstić information content (AvgIpc) is 3.19. The number of hydrogen-bond donors (Lipinski definition) is 2. The topological polar surface area (TPSA) is 181 Å². The molecule has 258 valence electrons. The van der Waals surface area contributed by atoms with Crippen LogP contribution in [-0.4, -0.2) is 94.0 Å². The molecule has 0 radical (unpaired) electrons. The molecule has 2 N–H and O–H groups in total. The van der Waals surface area contributed by atoms with Crippen LogP contribution in [0.3, 0.4) is 0 Å². The maximum Gasteiger partial charge on any atom is 0.338 e. The highest BCUT2D eigenvalue weighted by Crippen LogP contribution is 2.69. The van der Waals surface area contributed by atoms with E-state index in [-0.39, 0.29) is 11.1 Å². The van der Waals surface area contributed by atoms with Crippen LogP contribution in [0, 0.1) is 11.3 Å². The third-order valence-electron chi connectivity index (χ3n) is 9.70. The Balaban J connectivity index is 1.84. The number of benzene rings is 2. The van der Waals surface area contributed by atoms with Crippen molar-refractivity contribution >= 4 is 29.8 Å². The molecule has 2 aliphatic carbocycles. The second kappa shape index (κ2) is 12.6. The lowest BCUT2D eigenvalue weighted by Gasteiger charge is -2.66. The van der Waals surface area contributed by atoms with Gasteiger partial charge in [-0.3, -0.25) is 14.4 Å². The molecule has 2 bridgehead atoms. The standard InChI is InChI=1S/C35H40O13/c1-19(36)43-18-34-28(45-21(3)38)24(44-20(2)37)17-33(6,42)35(34)27(39)25(32(4,5)48-35)26(46-30(40)22-13-9-7-10-14-22)29(34)47-31(41)23-15-11-8-12-16-23/h7-16,24-29,39,42H,17-18H2,1-6H3. The number of fused-ring (bicyclic) bond motifs is 1. The fourth-order valence-corrected chi connectivity index (χ4v) is 8.10. The number of aliphatic hydroxyl groups is 2. The zero-order valence-corrected chi connectivity index (χ0v) is 27.5. The van der Waals surface area contributed by atoms with Crippen LogP contribution in [-0.2, 0) is 42.8 Å². The number of rotatable bonds is 8. The van der Waals surface area contributed by atoms with Gasteiger partial charge >= 0.3 is 29.8 Å². The van der Waals surface area contributed by atoms with Gasteiger partial charge in [0.1, 0.15) is 29.8 Å². The van der Waals surface area contributed by atoms with Crippen LogP contribution in [0.25, 0.3) is 0 Å². The van der Waals surface area contributed by atoms with Crippen LogP contribution >= 0.6 is 0 Å². The third-order valence-corrected chi connectivity index (χ3v) is 9.70. The van der Waals surface area contributed by atoms with Crippen LogP contribution in [0.1, 0.15) is 68.7 Å². The molecule has 3 aliphatic rings. The monoisotopic (exact) mass is 668 g/mol. The second-order valence-corrected chi connectivity index (χ2v) is 13.3. The summed E-state index contributed by atoms with van der Waals surface area (Å²) in [5.41, 5.74) is -7.84. The Hall–Kier alpha value is -4.33. The Morgan fingerprint density at radius 1 is 0.750 bits per heavy atom. The molecule has 13 nitrogen and oxygen atoms in total. The predicted molar refractivity (Wildman–Crippen MR) is 164 cm³/mol. The first kappa shape index (κ1) is 35.0. The first-order valence-electron chi connectivity index (χ1n) is 15.6. The Bertz CT molecular complexity index is 1570. The third kappa shape index (κ3) is 5.63. The van der Waals surface area contributed by atoms with Gasteiger partial charge in [-0.05, 0) is 45.0 Å². The van der Waals surface area contributed by atoms with E-state index in [9.17, 15) is 34.2 Å². The highest BCUT2D eigenvalue weighted by atomic mass is 16.6. The molecule has 1 aliphatic heterocycles. The molecule has 2 aromatic carbocycles. The lowest BCUT2D eigenvalue weighted by molar-refractivity contribution is -0.362. The summed E-state index contributed by atoms with van der Waals surface area (Å²) >= 11 is 0. The van der Waals surface area contributed by atoms with Gasteiger partial charge in [0.05, 0.1) is 34.4 Å². The van der Waals surface area contributed by atoms with Crippen molar-refractivity contribution in [2.75, 3.05) is 6.61 Å². The van der Waals surface area contributed by atoms with Crippen molar-refractivity contribution in [2.45, 2.75) is 95.3 Å². The summed E-state index contributed by atoms with van der Waals surface area (Å²) in [6.07, 6.45) is -8.57. The maximum atomic E-state index is 14.0. The normalized spacial score (nSPS) is 34.6. The van der Waals surface area contributed by atoms with Gasteiger partial charge in [0.2, 0.25) is 0 Å². The minimum atomic E-state index is -2.26. The van der Waals surface area contributed by atoms with Crippen LogP contribution in [0.15, 0.2) is 60.7 Å². The Morgan fingerprint density at radius 2 is 1.27 bits per heavy atom. The summed E-state index contributed by atoms with van der Waals surface area (Å²) in [5.74, 6) is -5.44. The van der Waals surface area contributed by atoms with Gasteiger partial charge in [0, 0.05) is 27.2 Å². The lowest BCUT2D eigenvalue weighted by atomic mass is 9.45. The molecule has 1 heterocycles. The first-order valence-corrected chi connectivity index (χ1v) is 15.6. The van der Waals surface area contributed by atoms with E-state index in [0.29, 0.717) is 0 Å². The van der Waals surface area contributed by atoms with E-state index in [1.807, 2.05) is 0 Å². The highest BCUT2D eigenvalue weighted by molar-refractivity contribution is 5.90. The molecule has 0 amide bonds. The zero-order valence-electron chi connectivity index (χ0n) is 27.5. The van der Waals surface area contributed by atoms with Gasteiger partial charge in [-0.1, -0.05) is 36.4 Å². The molecule has 13 heteroatoms. The molecule has 9 unspecified atom stereocenters. The molecule has 2 saturated carbocycles. The van der Waals surface area contributed by atoms with Gasteiger partial charge in [-0.15, -0.1) is 0 Å². The van der Waals surface area contributed by atoms with E-state index in [1.54, 1.807) is 50.2 Å². The number of esters is 5. The molecule has 1 saturated heterocycles. The predicted octanol–water partition coefficient (Wildman–Crippen LogP) is 2.54. The van der Waals surface area contributed by atoms with Crippen LogP contribution in [0.2, 0.25) is 0 Å². The van der Waals surface area contributed by atoms with E-state index >= 15 is 0 Å². The molecular formula is C35H40O13. The van der Waals surface area contributed by atoms with Crippen LogP contribution in [0.5, 0.6) is 0 Å². The van der Waals surface area contributed by atoms with Gasteiger partial charge in [-0.25, -0.2) is 9.59 Å². The average molecular weight is 669 g/mol. The van der Waals surface area contributed by atoms with Crippen LogP contribution < -0.4 is 0 Å². The minimum Gasteiger partial charge on any atom is -0.465 e. The Labute approximate surface area is 277 Å². The summed E-state index contributed by atoms with van der Waals surface area (Å²) < 4.78 is 36.3. The summed E-state index contributed by atoms with van der Waals surface area (Å²) in [7, 11) is 0.